The lowest BCUT2D eigenvalue weighted by atomic mass is 10.2. The summed E-state index contributed by atoms with van der Waals surface area (Å²) in [5, 5.41) is 2.73. The third kappa shape index (κ3) is 2.58. The summed E-state index contributed by atoms with van der Waals surface area (Å²) in [4.78, 5) is 24.3. The number of ether oxygens (including phenoxy) is 1. The Morgan fingerprint density at radius 2 is 2.35 bits per heavy atom. The van der Waals surface area contributed by atoms with Crippen LogP contribution in [0, 0.1) is 0 Å². The Labute approximate surface area is 107 Å². The molecule has 1 N–H and O–H groups in total. The summed E-state index contributed by atoms with van der Waals surface area (Å²) < 4.78 is 5.65. The largest absolute Gasteiger partial charge is 0.447 e. The van der Waals surface area contributed by atoms with Gasteiger partial charge in [-0.15, -0.1) is 0 Å². The highest BCUT2D eigenvalue weighted by Crippen LogP contribution is 2.17. The van der Waals surface area contributed by atoms with E-state index in [1.165, 1.54) is 4.90 Å². The van der Waals surface area contributed by atoms with Gasteiger partial charge in [0.25, 0.3) is 5.91 Å². The lowest BCUT2D eigenvalue weighted by Crippen LogP contribution is -2.40. The van der Waals surface area contributed by atoms with Crippen LogP contribution in [0.15, 0.2) is 28.7 Å². The Kier molecular flexibility index (Phi) is 3.33. The van der Waals surface area contributed by atoms with Crippen LogP contribution < -0.4 is 5.32 Å². The fraction of sp³-hybridized carbons (Fsp3) is 0.273. The third-order valence-corrected chi connectivity index (χ3v) is 3.01. The number of cyclic esters (lactones) is 1. The third-order valence-electron chi connectivity index (χ3n) is 2.51. The van der Waals surface area contributed by atoms with Crippen molar-refractivity contribution in [1.29, 1.82) is 0 Å². The van der Waals surface area contributed by atoms with Crippen molar-refractivity contribution in [2.75, 3.05) is 19.0 Å². The molecule has 0 saturated carbocycles. The van der Waals surface area contributed by atoms with Crippen molar-refractivity contribution < 1.29 is 14.3 Å². The lowest BCUT2D eigenvalue weighted by Gasteiger charge is -2.15. The topological polar surface area (TPSA) is 58.6 Å². The van der Waals surface area contributed by atoms with Crippen LogP contribution in [0.5, 0.6) is 0 Å². The predicted octanol–water partition coefficient (Wildman–Crippen LogP) is 1.84. The number of likely N-dealkylation sites (N-methyl/N-ethyl adjacent to an activating group) is 1. The molecule has 1 aromatic carbocycles. The first kappa shape index (κ1) is 11.9. The van der Waals surface area contributed by atoms with Crippen molar-refractivity contribution in [3.05, 3.63) is 28.7 Å². The zero-order valence-electron chi connectivity index (χ0n) is 9.14. The predicted molar refractivity (Wildman–Crippen MR) is 65.7 cm³/mol. The van der Waals surface area contributed by atoms with E-state index >= 15 is 0 Å². The first-order valence-corrected chi connectivity index (χ1v) is 5.83. The molecule has 1 saturated heterocycles. The first-order valence-electron chi connectivity index (χ1n) is 5.04. The Hall–Kier alpha value is -1.56. The summed E-state index contributed by atoms with van der Waals surface area (Å²) in [6, 6.07) is 6.68. The van der Waals surface area contributed by atoms with Crippen molar-refractivity contribution in [2.24, 2.45) is 0 Å². The summed E-state index contributed by atoms with van der Waals surface area (Å²) >= 11 is 3.32. The minimum absolute atomic E-state index is 0.0924. The molecule has 0 aliphatic carbocycles. The van der Waals surface area contributed by atoms with Crippen molar-refractivity contribution in [1.82, 2.24) is 4.90 Å². The molecule has 1 atom stereocenters. The maximum Gasteiger partial charge on any atom is 0.410 e. The second kappa shape index (κ2) is 4.75. The van der Waals surface area contributed by atoms with Gasteiger partial charge in [0.2, 0.25) is 0 Å². The first-order chi connectivity index (χ1) is 8.08. The van der Waals surface area contributed by atoms with Gasteiger partial charge in [0.15, 0.2) is 0 Å². The average molecular weight is 299 g/mol. The monoisotopic (exact) mass is 298 g/mol. The van der Waals surface area contributed by atoms with Gasteiger partial charge in [-0.05, 0) is 18.2 Å². The number of nitrogens with one attached hydrogen (secondary N) is 1. The molecule has 90 valence electrons. The number of benzene rings is 1. The van der Waals surface area contributed by atoms with Gasteiger partial charge in [-0.3, -0.25) is 9.69 Å². The Morgan fingerprint density at radius 1 is 1.59 bits per heavy atom. The molecule has 0 radical (unpaired) electrons. The molecule has 0 aromatic heterocycles. The van der Waals surface area contributed by atoms with E-state index in [2.05, 4.69) is 21.2 Å². The molecule has 0 spiro atoms. The highest BCUT2D eigenvalue weighted by Gasteiger charge is 2.35. The quantitative estimate of drug-likeness (QED) is 0.906. The summed E-state index contributed by atoms with van der Waals surface area (Å²) in [6.07, 6.45) is -0.473. The molecular weight excluding hydrogens is 288 g/mol. The van der Waals surface area contributed by atoms with E-state index < -0.39 is 12.1 Å². The second-order valence-corrected chi connectivity index (χ2v) is 4.62. The molecule has 2 amide bonds. The maximum absolute atomic E-state index is 11.9. The second-order valence-electron chi connectivity index (χ2n) is 3.70. The summed E-state index contributed by atoms with van der Waals surface area (Å²) in [6.45, 7) is 0.0924. The number of rotatable bonds is 2. The molecule has 2 rings (SSSR count). The van der Waals surface area contributed by atoms with Crippen LogP contribution in [0.2, 0.25) is 0 Å². The van der Waals surface area contributed by atoms with Crippen LogP contribution in [-0.4, -0.2) is 36.6 Å². The Balaban J connectivity index is 2.05. The van der Waals surface area contributed by atoms with E-state index in [-0.39, 0.29) is 12.5 Å². The number of carbonyl (C=O) groups is 2. The van der Waals surface area contributed by atoms with Crippen LogP contribution >= 0.6 is 15.9 Å². The summed E-state index contributed by atoms with van der Waals surface area (Å²) in [5.74, 6) is -0.253. The van der Waals surface area contributed by atoms with E-state index in [1.807, 2.05) is 12.1 Å². The van der Waals surface area contributed by atoms with Crippen molar-refractivity contribution in [3.63, 3.8) is 0 Å². The van der Waals surface area contributed by atoms with Crippen molar-refractivity contribution >= 4 is 33.6 Å². The number of nitrogens with zero attached hydrogens (tertiary/aromatic N) is 1. The number of hydrogen-bond donors (Lipinski definition) is 1. The minimum Gasteiger partial charge on any atom is -0.447 e. The fourth-order valence-electron chi connectivity index (χ4n) is 1.53. The standard InChI is InChI=1S/C11H11BrN2O3/c1-14-9(6-17-11(14)16)10(15)13-8-4-2-3-7(12)5-8/h2-5,9H,6H2,1H3,(H,13,15). The van der Waals surface area contributed by atoms with Crippen molar-refractivity contribution in [3.8, 4) is 0 Å². The van der Waals surface area contributed by atoms with Gasteiger partial charge in [-0.2, -0.15) is 0 Å². The molecule has 1 unspecified atom stereocenters. The van der Waals surface area contributed by atoms with Gasteiger partial charge in [0.1, 0.15) is 12.6 Å². The number of hydrogen-bond acceptors (Lipinski definition) is 3. The molecule has 17 heavy (non-hydrogen) atoms. The Morgan fingerprint density at radius 3 is 2.94 bits per heavy atom. The number of amides is 2. The van der Waals surface area contributed by atoms with Crippen LogP contribution in [0.3, 0.4) is 0 Å². The number of halogens is 1. The van der Waals surface area contributed by atoms with Gasteiger partial charge in [-0.1, -0.05) is 22.0 Å². The maximum atomic E-state index is 11.9. The molecule has 1 fully saturated rings. The zero-order chi connectivity index (χ0) is 12.4. The van der Waals surface area contributed by atoms with Crippen molar-refractivity contribution in [2.45, 2.75) is 6.04 Å². The van der Waals surface area contributed by atoms with E-state index in [0.29, 0.717) is 5.69 Å². The van der Waals surface area contributed by atoms with Crippen LogP contribution in [0.1, 0.15) is 0 Å². The van der Waals surface area contributed by atoms with Crippen LogP contribution in [-0.2, 0) is 9.53 Å². The normalized spacial score (nSPS) is 19.1. The minimum atomic E-state index is -0.568. The summed E-state index contributed by atoms with van der Waals surface area (Å²) in [5.41, 5.74) is 0.678. The average Bonchev–Trinajstić information content (AvgIpc) is 2.60. The molecule has 1 aromatic rings. The Bertz CT molecular complexity index is 464. The molecular formula is C11H11BrN2O3. The van der Waals surface area contributed by atoms with Crippen LogP contribution in [0.4, 0.5) is 10.5 Å². The van der Waals surface area contributed by atoms with E-state index in [9.17, 15) is 9.59 Å². The highest BCUT2D eigenvalue weighted by molar-refractivity contribution is 9.10. The van der Waals surface area contributed by atoms with Gasteiger partial charge >= 0.3 is 6.09 Å². The molecule has 0 bridgehead atoms. The molecule has 1 aliphatic rings. The molecule has 6 heteroatoms. The van der Waals surface area contributed by atoms with E-state index in [0.717, 1.165) is 4.47 Å². The van der Waals surface area contributed by atoms with Gasteiger partial charge < -0.3 is 10.1 Å². The highest BCUT2D eigenvalue weighted by atomic mass is 79.9. The zero-order valence-corrected chi connectivity index (χ0v) is 10.7. The molecule has 5 nitrogen and oxygen atoms in total. The van der Waals surface area contributed by atoms with Gasteiger partial charge in [-0.25, -0.2) is 4.79 Å². The summed E-state index contributed by atoms with van der Waals surface area (Å²) in [7, 11) is 1.54. The fourth-order valence-corrected chi connectivity index (χ4v) is 1.93. The lowest BCUT2D eigenvalue weighted by molar-refractivity contribution is -0.119. The van der Waals surface area contributed by atoms with E-state index in [4.69, 9.17) is 4.74 Å². The van der Waals surface area contributed by atoms with E-state index in [1.54, 1.807) is 19.2 Å². The number of carbonyl (C=O) groups excluding carboxylic acids is 2. The SMILES string of the molecule is CN1C(=O)OCC1C(=O)Nc1cccc(Br)c1. The number of anilines is 1. The molecule has 1 heterocycles. The van der Waals surface area contributed by atoms with Gasteiger partial charge in [0, 0.05) is 17.2 Å². The van der Waals surface area contributed by atoms with Gasteiger partial charge in [0.05, 0.1) is 0 Å². The molecule has 1 aliphatic heterocycles. The smallest absolute Gasteiger partial charge is 0.410 e. The van der Waals surface area contributed by atoms with Crippen LogP contribution in [0.25, 0.3) is 0 Å².